The van der Waals surface area contributed by atoms with Crippen LogP contribution in [0.2, 0.25) is 0 Å². The number of carboxylic acid groups (broad SMARTS) is 2. The van der Waals surface area contributed by atoms with Gasteiger partial charge in [0.25, 0.3) is 0 Å². The predicted octanol–water partition coefficient (Wildman–Crippen LogP) is 0.243. The molecule has 0 spiro atoms. The van der Waals surface area contributed by atoms with Gasteiger partial charge in [-0.1, -0.05) is 0 Å². The van der Waals surface area contributed by atoms with Crippen LogP contribution in [0.1, 0.15) is 13.8 Å². The Morgan fingerprint density at radius 1 is 0.857 bits per heavy atom. The van der Waals surface area contributed by atoms with Gasteiger partial charge >= 0.3 is 11.9 Å². The van der Waals surface area contributed by atoms with E-state index >= 15 is 0 Å². The van der Waals surface area contributed by atoms with Crippen molar-refractivity contribution in [2.45, 2.75) is 26.1 Å². The maximum Gasteiger partial charge on any atom is 0.329 e. The molecule has 0 fully saturated rings. The number of carboxylic acids is 2. The van der Waals surface area contributed by atoms with Crippen LogP contribution in [0.25, 0.3) is 0 Å². The van der Waals surface area contributed by atoms with Gasteiger partial charge in [-0.05, 0) is 13.8 Å². The van der Waals surface area contributed by atoms with Gasteiger partial charge in [0.15, 0.2) is 0 Å². The van der Waals surface area contributed by atoms with Gasteiger partial charge in [0.1, 0.15) is 13.2 Å². The van der Waals surface area contributed by atoms with E-state index in [-0.39, 0.29) is 44.9 Å². The molecule has 9 heteroatoms. The summed E-state index contributed by atoms with van der Waals surface area (Å²) in [6, 6.07) is 0. The number of hydrogen-bond donors (Lipinski definition) is 2. The maximum absolute atomic E-state index is 9.94. The minimum atomic E-state index is -0.956. The Balaban J connectivity index is -0.000000295. The van der Waals surface area contributed by atoms with Crippen molar-refractivity contribution in [2.24, 2.45) is 0 Å². The number of ether oxygens (including phenoxy) is 4. The van der Waals surface area contributed by atoms with E-state index in [4.69, 9.17) is 29.2 Å². The molecule has 21 heavy (non-hydrogen) atoms. The van der Waals surface area contributed by atoms with Gasteiger partial charge in [0, 0.05) is 33.7 Å². The summed E-state index contributed by atoms with van der Waals surface area (Å²) in [6.45, 7) is 3.84. The molecule has 0 aliphatic heterocycles. The van der Waals surface area contributed by atoms with Gasteiger partial charge in [-0.3, -0.25) is 0 Å². The zero-order valence-electron chi connectivity index (χ0n) is 13.0. The topological polar surface area (TPSA) is 112 Å². The first-order valence-corrected chi connectivity index (χ1v) is 5.98. The molecule has 0 aliphatic carbocycles. The van der Waals surface area contributed by atoms with Gasteiger partial charge < -0.3 is 29.2 Å². The molecule has 0 rings (SSSR count). The van der Waals surface area contributed by atoms with E-state index in [1.54, 1.807) is 28.1 Å². The van der Waals surface area contributed by atoms with E-state index in [9.17, 15) is 9.59 Å². The van der Waals surface area contributed by atoms with Gasteiger partial charge in [-0.25, -0.2) is 9.59 Å². The second-order valence-electron chi connectivity index (χ2n) is 3.94. The van der Waals surface area contributed by atoms with E-state index in [1.807, 2.05) is 0 Å². The number of methoxy groups -OCH3 is 2. The van der Waals surface area contributed by atoms with Crippen molar-refractivity contribution in [3.8, 4) is 0 Å². The third-order valence-electron chi connectivity index (χ3n) is 1.79. The molecule has 0 saturated heterocycles. The summed E-state index contributed by atoms with van der Waals surface area (Å²) in [4.78, 5) is 19.9. The molecule has 0 saturated carbocycles. The molecular weight excluding hydrogens is 338 g/mol. The number of hydrogen-bond acceptors (Lipinski definition) is 6. The van der Waals surface area contributed by atoms with E-state index in [1.165, 1.54) is 0 Å². The van der Waals surface area contributed by atoms with Crippen LogP contribution in [0.5, 0.6) is 0 Å². The van der Waals surface area contributed by atoms with Gasteiger partial charge in [0.05, 0.1) is 25.4 Å². The van der Waals surface area contributed by atoms with Crippen LogP contribution in [-0.4, -0.2) is 75.0 Å². The number of carbonyl (C=O) groups is 2. The zero-order chi connectivity index (χ0) is 16.0. The molecule has 2 atom stereocenters. The molecule has 8 nitrogen and oxygen atoms in total. The summed E-state index contributed by atoms with van der Waals surface area (Å²) in [6.07, 6.45) is -0.304. The fourth-order valence-electron chi connectivity index (χ4n) is 0.993. The Bertz CT molecular complexity index is 236. The van der Waals surface area contributed by atoms with Crippen LogP contribution in [0.4, 0.5) is 0 Å². The van der Waals surface area contributed by atoms with Gasteiger partial charge in [0.2, 0.25) is 0 Å². The molecule has 0 heterocycles. The van der Waals surface area contributed by atoms with Crippen molar-refractivity contribution in [1.82, 2.24) is 0 Å². The van der Waals surface area contributed by atoms with E-state index in [0.717, 1.165) is 0 Å². The Labute approximate surface area is 137 Å². The van der Waals surface area contributed by atoms with Crippen LogP contribution in [-0.2, 0) is 48.0 Å². The van der Waals surface area contributed by atoms with Gasteiger partial charge in [-0.15, -0.1) is 0 Å². The van der Waals surface area contributed by atoms with Crippen molar-refractivity contribution >= 4 is 11.9 Å². The molecule has 0 amide bonds. The van der Waals surface area contributed by atoms with E-state index in [0.29, 0.717) is 13.2 Å². The Kier molecular flexibility index (Phi) is 21.1. The molecule has 0 bridgehead atoms. The normalized spacial score (nSPS) is 12.4. The standard InChI is InChI=1S/2C6H12O4.Zn/c2*1-5(3-9-2)10-4-6(7)8;/h2*5H,3-4H2,1-2H3,(H,7,8);. The summed E-state index contributed by atoms with van der Waals surface area (Å²) < 4.78 is 19.1. The van der Waals surface area contributed by atoms with Crippen molar-refractivity contribution in [3.05, 3.63) is 0 Å². The smallest absolute Gasteiger partial charge is 0.329 e. The predicted molar refractivity (Wildman–Crippen MR) is 69.9 cm³/mol. The fourth-order valence-corrected chi connectivity index (χ4v) is 0.993. The van der Waals surface area contributed by atoms with Crippen LogP contribution in [0.15, 0.2) is 0 Å². The SMILES string of the molecule is COCC(C)OCC(=O)O.COCC(C)OCC(=O)O.[Zn]. The van der Waals surface area contributed by atoms with Gasteiger partial charge in [-0.2, -0.15) is 0 Å². The molecule has 0 aromatic carbocycles. The summed E-state index contributed by atoms with van der Waals surface area (Å²) in [5.74, 6) is -1.91. The second-order valence-corrected chi connectivity index (χ2v) is 3.94. The molecule has 0 aromatic rings. The molecule has 122 valence electrons. The minimum Gasteiger partial charge on any atom is -0.480 e. The Morgan fingerprint density at radius 3 is 1.33 bits per heavy atom. The average molecular weight is 362 g/mol. The van der Waals surface area contributed by atoms with Crippen molar-refractivity contribution < 1.29 is 58.2 Å². The number of aliphatic carboxylic acids is 2. The minimum absolute atomic E-state index is 0. The summed E-state index contributed by atoms with van der Waals surface area (Å²) in [7, 11) is 3.08. The quantitative estimate of drug-likeness (QED) is 0.532. The number of rotatable bonds is 10. The summed E-state index contributed by atoms with van der Waals surface area (Å²) >= 11 is 0. The van der Waals surface area contributed by atoms with Crippen LogP contribution in [0.3, 0.4) is 0 Å². The maximum atomic E-state index is 9.94. The zero-order valence-corrected chi connectivity index (χ0v) is 16.0. The molecular formula is C12H24O8Zn. The molecule has 0 aliphatic rings. The summed E-state index contributed by atoms with van der Waals surface area (Å²) in [5, 5.41) is 16.3. The van der Waals surface area contributed by atoms with Crippen molar-refractivity contribution in [2.75, 3.05) is 40.6 Å². The van der Waals surface area contributed by atoms with Crippen LogP contribution < -0.4 is 0 Å². The van der Waals surface area contributed by atoms with Crippen LogP contribution >= 0.6 is 0 Å². The Morgan fingerprint density at radius 2 is 1.14 bits per heavy atom. The van der Waals surface area contributed by atoms with Crippen molar-refractivity contribution in [3.63, 3.8) is 0 Å². The van der Waals surface area contributed by atoms with Crippen LogP contribution in [0, 0.1) is 0 Å². The monoisotopic (exact) mass is 360 g/mol. The molecule has 2 unspecified atom stereocenters. The van der Waals surface area contributed by atoms with Crippen molar-refractivity contribution in [1.29, 1.82) is 0 Å². The first-order valence-electron chi connectivity index (χ1n) is 5.98. The molecule has 0 radical (unpaired) electrons. The largest absolute Gasteiger partial charge is 0.480 e. The first kappa shape index (κ1) is 25.4. The average Bonchev–Trinajstić information content (AvgIpc) is 2.35. The van der Waals surface area contributed by atoms with E-state index < -0.39 is 11.9 Å². The molecule has 0 aromatic heterocycles. The third-order valence-corrected chi connectivity index (χ3v) is 1.79. The first-order chi connectivity index (χ1) is 9.33. The Hall–Kier alpha value is -0.597. The third kappa shape index (κ3) is 24.8. The van der Waals surface area contributed by atoms with E-state index in [2.05, 4.69) is 0 Å². The fraction of sp³-hybridized carbons (Fsp3) is 0.833. The second kappa shape index (κ2) is 17.5. The molecule has 2 N–H and O–H groups in total. The summed E-state index contributed by atoms with van der Waals surface area (Å²) in [5.41, 5.74) is 0.